The largest absolute Gasteiger partial charge is 0.378 e. The molecular formula is C17H24N6O. The molecule has 0 amide bonds. The summed E-state index contributed by atoms with van der Waals surface area (Å²) in [6, 6.07) is 4.01. The lowest BCUT2D eigenvalue weighted by Crippen LogP contribution is -2.17. The van der Waals surface area contributed by atoms with E-state index in [1.165, 1.54) is 31.4 Å². The van der Waals surface area contributed by atoms with Crippen LogP contribution in [0.25, 0.3) is 6.20 Å². The summed E-state index contributed by atoms with van der Waals surface area (Å²) in [6.45, 7) is 4.24. The van der Waals surface area contributed by atoms with Gasteiger partial charge in [-0.15, -0.1) is 0 Å². The first-order chi connectivity index (χ1) is 11.7. The Morgan fingerprint density at radius 1 is 1.50 bits per heavy atom. The predicted octanol–water partition coefficient (Wildman–Crippen LogP) is 3.00. The smallest absolute Gasteiger partial charge is 0.153 e. The van der Waals surface area contributed by atoms with Gasteiger partial charge in [0, 0.05) is 38.0 Å². The van der Waals surface area contributed by atoms with E-state index in [1.54, 1.807) is 25.0 Å². The van der Waals surface area contributed by atoms with Gasteiger partial charge in [-0.1, -0.05) is 19.4 Å². The Hall–Kier alpha value is -2.41. The lowest BCUT2D eigenvalue weighted by molar-refractivity contribution is 0.181. The number of rotatable bonds is 6. The molecule has 2 N–H and O–H groups in total. The van der Waals surface area contributed by atoms with Crippen molar-refractivity contribution in [2.75, 3.05) is 19.5 Å². The normalized spacial score (nSPS) is 15.8. The first-order valence-electron chi connectivity index (χ1n) is 8.24. The second-order valence-corrected chi connectivity index (χ2v) is 5.97. The zero-order valence-electron chi connectivity index (χ0n) is 14.2. The van der Waals surface area contributed by atoms with Gasteiger partial charge in [-0.2, -0.15) is 10.2 Å². The lowest BCUT2D eigenvalue weighted by atomic mass is 10.0. The molecule has 24 heavy (non-hydrogen) atoms. The summed E-state index contributed by atoms with van der Waals surface area (Å²) in [6.07, 6.45) is 6.72. The second kappa shape index (κ2) is 7.44. The van der Waals surface area contributed by atoms with Crippen LogP contribution in [0.3, 0.4) is 0 Å². The molecule has 1 saturated carbocycles. The van der Waals surface area contributed by atoms with Crippen molar-refractivity contribution in [3.8, 4) is 0 Å². The number of anilines is 1. The van der Waals surface area contributed by atoms with Gasteiger partial charge >= 0.3 is 0 Å². The number of aliphatic imine (C=N–C) groups is 1. The van der Waals surface area contributed by atoms with Gasteiger partial charge in [-0.3, -0.25) is 10.1 Å². The first kappa shape index (κ1) is 16.4. The lowest BCUT2D eigenvalue weighted by Gasteiger charge is -2.07. The molecule has 1 aliphatic carbocycles. The summed E-state index contributed by atoms with van der Waals surface area (Å²) in [4.78, 5) is 4.34. The molecule has 0 saturated heterocycles. The maximum atomic E-state index is 5.14. The molecule has 0 aromatic carbocycles. The van der Waals surface area contributed by atoms with Crippen LogP contribution in [0.5, 0.6) is 0 Å². The third-order valence-electron chi connectivity index (χ3n) is 4.36. The highest BCUT2D eigenvalue weighted by Crippen LogP contribution is 2.33. The number of amidine groups is 1. The number of ether oxygens (including phenoxy) is 1. The average Bonchev–Trinajstić information content (AvgIpc) is 3.32. The van der Waals surface area contributed by atoms with Crippen molar-refractivity contribution >= 4 is 17.9 Å². The summed E-state index contributed by atoms with van der Waals surface area (Å²) >= 11 is 0. The van der Waals surface area contributed by atoms with E-state index in [4.69, 9.17) is 4.74 Å². The Bertz CT molecular complexity index is 723. The van der Waals surface area contributed by atoms with E-state index in [0.717, 1.165) is 17.2 Å². The molecular weight excluding hydrogens is 304 g/mol. The van der Waals surface area contributed by atoms with E-state index < -0.39 is 0 Å². The minimum Gasteiger partial charge on any atom is -0.378 e. The van der Waals surface area contributed by atoms with Gasteiger partial charge in [0.05, 0.1) is 12.3 Å². The van der Waals surface area contributed by atoms with Crippen LogP contribution in [-0.2, 0) is 11.3 Å². The molecule has 0 atom stereocenters. The van der Waals surface area contributed by atoms with E-state index in [-0.39, 0.29) is 0 Å². The topological polar surface area (TPSA) is 80.1 Å². The number of nitrogens with zero attached hydrogens (tertiary/aromatic N) is 4. The molecule has 2 aromatic heterocycles. The zero-order valence-corrected chi connectivity index (χ0v) is 14.2. The van der Waals surface area contributed by atoms with Crippen molar-refractivity contribution < 1.29 is 4.74 Å². The summed E-state index contributed by atoms with van der Waals surface area (Å²) in [7, 11) is 3.39. The highest BCUT2D eigenvalue weighted by atomic mass is 16.5. The number of H-pyrrole nitrogens is 1. The van der Waals surface area contributed by atoms with Crippen molar-refractivity contribution in [1.29, 1.82) is 0 Å². The van der Waals surface area contributed by atoms with Crippen LogP contribution in [0, 0.1) is 0 Å². The summed E-state index contributed by atoms with van der Waals surface area (Å²) < 4.78 is 6.83. The van der Waals surface area contributed by atoms with E-state index in [1.807, 2.05) is 6.07 Å². The van der Waals surface area contributed by atoms with Gasteiger partial charge in [0.2, 0.25) is 0 Å². The molecule has 3 rings (SSSR count). The van der Waals surface area contributed by atoms with Crippen molar-refractivity contribution in [3.05, 3.63) is 35.8 Å². The summed E-state index contributed by atoms with van der Waals surface area (Å²) in [5.74, 6) is 2.05. The molecule has 0 unspecified atom stereocenters. The Kier molecular flexibility index (Phi) is 5.10. The molecule has 2 aromatic rings. The highest BCUT2D eigenvalue weighted by molar-refractivity contribution is 6.07. The van der Waals surface area contributed by atoms with E-state index >= 15 is 0 Å². The van der Waals surface area contributed by atoms with Crippen molar-refractivity contribution in [2.45, 2.75) is 38.2 Å². The zero-order chi connectivity index (χ0) is 16.9. The van der Waals surface area contributed by atoms with Crippen LogP contribution in [0.4, 0.5) is 5.82 Å². The van der Waals surface area contributed by atoms with Crippen LogP contribution in [0.1, 0.15) is 48.7 Å². The Balaban J connectivity index is 1.78. The minimum atomic E-state index is 0.444. The number of nitrogens with one attached hydrogen (secondary N) is 2. The molecule has 128 valence electrons. The predicted molar refractivity (Wildman–Crippen MR) is 95.2 cm³/mol. The first-order valence-corrected chi connectivity index (χ1v) is 8.24. The third-order valence-corrected chi connectivity index (χ3v) is 4.36. The Morgan fingerprint density at radius 2 is 2.29 bits per heavy atom. The number of hydrogen-bond acceptors (Lipinski definition) is 4. The fourth-order valence-electron chi connectivity index (χ4n) is 3.18. The van der Waals surface area contributed by atoms with Crippen LogP contribution in [0.2, 0.25) is 0 Å². The van der Waals surface area contributed by atoms with Crippen molar-refractivity contribution in [3.63, 3.8) is 0 Å². The van der Waals surface area contributed by atoms with Gasteiger partial charge in [-0.05, 0) is 18.9 Å². The monoisotopic (exact) mass is 328 g/mol. The fraction of sp³-hybridized carbons (Fsp3) is 0.471. The van der Waals surface area contributed by atoms with E-state index in [9.17, 15) is 0 Å². The van der Waals surface area contributed by atoms with E-state index in [0.29, 0.717) is 18.4 Å². The highest BCUT2D eigenvalue weighted by Gasteiger charge is 2.20. The fourth-order valence-corrected chi connectivity index (χ4v) is 3.18. The number of hydrogen-bond donors (Lipinski definition) is 2. The summed E-state index contributed by atoms with van der Waals surface area (Å²) in [5.41, 5.74) is 2.84. The number of methoxy groups -OCH3 is 1. The third kappa shape index (κ3) is 3.41. The van der Waals surface area contributed by atoms with Crippen molar-refractivity contribution in [2.24, 2.45) is 4.99 Å². The average molecular weight is 328 g/mol. The molecule has 7 nitrogen and oxygen atoms in total. The minimum absolute atomic E-state index is 0.444. The van der Waals surface area contributed by atoms with Gasteiger partial charge in [-0.25, -0.2) is 4.68 Å². The van der Waals surface area contributed by atoms with Gasteiger partial charge in [0.25, 0.3) is 0 Å². The van der Waals surface area contributed by atoms with Crippen LogP contribution in [-0.4, -0.2) is 40.0 Å². The van der Waals surface area contributed by atoms with Crippen LogP contribution < -0.4 is 5.32 Å². The molecule has 0 bridgehead atoms. The maximum absolute atomic E-state index is 5.14. The van der Waals surface area contributed by atoms with Gasteiger partial charge in [0.15, 0.2) is 11.7 Å². The number of aromatic amines is 1. The Labute approximate surface area is 141 Å². The van der Waals surface area contributed by atoms with Gasteiger partial charge < -0.3 is 10.1 Å². The van der Waals surface area contributed by atoms with Crippen LogP contribution in [0.15, 0.2) is 23.7 Å². The standard InChI is InChI=1S/C17H24N6O/c1-4-23-15(9-13(22-23)11-24-3)17(18-2)19-16-10-14(20-21-16)12-7-5-6-8-12/h4,9-10,12H,1,5-8,11H2,2-3H3,(H2,18,19,20,21). The second-order valence-electron chi connectivity index (χ2n) is 5.97. The van der Waals surface area contributed by atoms with Crippen LogP contribution >= 0.6 is 0 Å². The van der Waals surface area contributed by atoms with Crippen molar-refractivity contribution in [1.82, 2.24) is 20.0 Å². The molecule has 7 heteroatoms. The molecule has 0 spiro atoms. The molecule has 0 aliphatic heterocycles. The van der Waals surface area contributed by atoms with Gasteiger partial charge in [0.1, 0.15) is 5.69 Å². The maximum Gasteiger partial charge on any atom is 0.153 e. The van der Waals surface area contributed by atoms with E-state index in [2.05, 4.69) is 38.3 Å². The Morgan fingerprint density at radius 3 is 2.96 bits per heavy atom. The quantitative estimate of drug-likeness (QED) is 0.631. The number of aromatic nitrogens is 4. The summed E-state index contributed by atoms with van der Waals surface area (Å²) in [5, 5.41) is 15.2. The SMILES string of the molecule is C=Cn1nc(COC)cc1C(=NC)Nc1cc(C2CCCC2)[nH]n1. The molecule has 1 aliphatic rings. The molecule has 2 heterocycles. The molecule has 0 radical (unpaired) electrons. The molecule has 1 fully saturated rings.